The van der Waals surface area contributed by atoms with Crippen LogP contribution in [0.4, 0.5) is 17.1 Å². The van der Waals surface area contributed by atoms with Crippen molar-refractivity contribution in [3.05, 3.63) is 57.6 Å². The van der Waals surface area contributed by atoms with Crippen molar-refractivity contribution < 1.29 is 10.0 Å². The number of phenolic OH excluding ortho intramolecular Hbond substituents is 1. The number of nitro groups is 1. The number of hydrogen-bond acceptors (Lipinski definition) is 5. The summed E-state index contributed by atoms with van der Waals surface area (Å²) in [5.74, 6) is -0.0462. The maximum absolute atomic E-state index is 10.5. The van der Waals surface area contributed by atoms with Crippen molar-refractivity contribution in [2.75, 3.05) is 0 Å². The fourth-order valence-corrected chi connectivity index (χ4v) is 1.50. The van der Waals surface area contributed by atoms with Crippen molar-refractivity contribution in [2.24, 2.45) is 10.2 Å². The summed E-state index contributed by atoms with van der Waals surface area (Å²) in [6.07, 6.45) is 0. The van der Waals surface area contributed by atoms with E-state index in [1.54, 1.807) is 0 Å². The monoisotopic (exact) mass is 277 g/mol. The van der Waals surface area contributed by atoms with Crippen molar-refractivity contribution in [1.82, 2.24) is 0 Å². The summed E-state index contributed by atoms with van der Waals surface area (Å²) in [7, 11) is 0. The summed E-state index contributed by atoms with van der Waals surface area (Å²) in [6, 6.07) is 9.98. The zero-order valence-electron chi connectivity index (χ0n) is 9.52. The average Bonchev–Trinajstić information content (AvgIpc) is 2.40. The highest BCUT2D eigenvalue weighted by molar-refractivity contribution is 6.30. The minimum atomic E-state index is -0.496. The number of nitrogens with zero attached hydrogens (tertiary/aromatic N) is 3. The van der Waals surface area contributed by atoms with Gasteiger partial charge in [-0.25, -0.2) is 0 Å². The molecule has 0 aliphatic rings. The molecule has 19 heavy (non-hydrogen) atoms. The second-order valence-electron chi connectivity index (χ2n) is 3.61. The molecule has 1 N–H and O–H groups in total. The maximum atomic E-state index is 10.5. The summed E-state index contributed by atoms with van der Waals surface area (Å²) in [5.41, 5.74) is 0.639. The fraction of sp³-hybridized carbons (Fsp3) is 0. The van der Waals surface area contributed by atoms with Crippen molar-refractivity contribution in [2.45, 2.75) is 0 Å². The Morgan fingerprint density at radius 1 is 1.11 bits per heavy atom. The lowest BCUT2D eigenvalue weighted by Crippen LogP contribution is -1.85. The third-order valence-electron chi connectivity index (χ3n) is 2.27. The van der Waals surface area contributed by atoms with E-state index in [-0.39, 0.29) is 17.1 Å². The minimum Gasteiger partial charge on any atom is -0.506 e. The highest BCUT2D eigenvalue weighted by atomic mass is 35.5. The Balaban J connectivity index is 2.22. The average molecular weight is 278 g/mol. The second-order valence-corrected chi connectivity index (χ2v) is 4.04. The molecule has 2 aromatic rings. The molecular weight excluding hydrogens is 270 g/mol. The minimum absolute atomic E-state index is 0.0236. The van der Waals surface area contributed by atoms with Gasteiger partial charge >= 0.3 is 0 Å². The predicted octanol–water partition coefficient (Wildman–Crippen LogP) is 4.37. The number of nitro benzene ring substituents is 1. The highest BCUT2D eigenvalue weighted by Gasteiger charge is 2.04. The van der Waals surface area contributed by atoms with Crippen molar-refractivity contribution >= 4 is 28.7 Å². The van der Waals surface area contributed by atoms with Gasteiger partial charge in [-0.15, -0.1) is 5.11 Å². The summed E-state index contributed by atoms with van der Waals surface area (Å²) in [5, 5.41) is 28.1. The van der Waals surface area contributed by atoms with E-state index < -0.39 is 4.92 Å². The van der Waals surface area contributed by atoms with E-state index in [9.17, 15) is 15.2 Å². The molecule has 6 nitrogen and oxygen atoms in total. The van der Waals surface area contributed by atoms with E-state index in [0.29, 0.717) is 10.7 Å². The third-order valence-corrected chi connectivity index (χ3v) is 2.51. The normalized spacial score (nSPS) is 10.8. The molecule has 0 saturated heterocycles. The van der Waals surface area contributed by atoms with Gasteiger partial charge in [-0.05, 0) is 30.3 Å². The van der Waals surface area contributed by atoms with Gasteiger partial charge in [0, 0.05) is 17.2 Å². The molecule has 0 aliphatic carbocycles. The standard InChI is InChI=1S/C12H8ClN3O3/c13-8-1-6-12(17)11(7-8)15-14-9-2-4-10(5-3-9)16(18)19/h1-7,17H. The Labute approximate surface area is 113 Å². The van der Waals surface area contributed by atoms with Gasteiger partial charge in [-0.2, -0.15) is 5.11 Å². The molecule has 2 rings (SSSR count). The van der Waals surface area contributed by atoms with Gasteiger partial charge in [0.25, 0.3) is 5.69 Å². The molecule has 0 radical (unpaired) electrons. The first-order chi connectivity index (χ1) is 9.06. The summed E-state index contributed by atoms with van der Waals surface area (Å²) in [6.45, 7) is 0. The first-order valence-electron chi connectivity index (χ1n) is 5.21. The Morgan fingerprint density at radius 3 is 2.42 bits per heavy atom. The van der Waals surface area contributed by atoms with E-state index in [1.165, 1.54) is 42.5 Å². The van der Waals surface area contributed by atoms with Gasteiger partial charge in [-0.3, -0.25) is 10.1 Å². The van der Waals surface area contributed by atoms with Crippen LogP contribution in [0.2, 0.25) is 5.02 Å². The molecule has 0 bridgehead atoms. The summed E-state index contributed by atoms with van der Waals surface area (Å²) in [4.78, 5) is 9.98. The Bertz CT molecular complexity index is 641. The smallest absolute Gasteiger partial charge is 0.269 e. The van der Waals surface area contributed by atoms with Crippen LogP contribution in [0.1, 0.15) is 0 Å². The Hall–Kier alpha value is -2.47. The molecule has 0 heterocycles. The SMILES string of the molecule is O=[N+]([O-])c1ccc(N=Nc2cc(Cl)ccc2O)cc1. The lowest BCUT2D eigenvalue weighted by atomic mass is 10.3. The van der Waals surface area contributed by atoms with Crippen LogP contribution in [-0.2, 0) is 0 Å². The first-order valence-corrected chi connectivity index (χ1v) is 5.59. The molecule has 0 amide bonds. The van der Waals surface area contributed by atoms with Crippen LogP contribution in [0, 0.1) is 10.1 Å². The number of azo groups is 1. The van der Waals surface area contributed by atoms with Gasteiger partial charge in [0.15, 0.2) is 0 Å². The van der Waals surface area contributed by atoms with Crippen molar-refractivity contribution in [3.8, 4) is 5.75 Å². The lowest BCUT2D eigenvalue weighted by Gasteiger charge is -1.98. The van der Waals surface area contributed by atoms with Gasteiger partial charge in [-0.1, -0.05) is 11.6 Å². The first kappa shape index (κ1) is 13.0. The molecule has 2 aromatic carbocycles. The van der Waals surface area contributed by atoms with Crippen LogP contribution in [0.3, 0.4) is 0 Å². The number of non-ortho nitro benzene ring substituents is 1. The molecule has 0 spiro atoms. The van der Waals surface area contributed by atoms with E-state index in [1.807, 2.05) is 0 Å². The van der Waals surface area contributed by atoms with Gasteiger partial charge in [0.1, 0.15) is 11.4 Å². The van der Waals surface area contributed by atoms with Crippen molar-refractivity contribution in [1.29, 1.82) is 0 Å². The molecule has 0 fully saturated rings. The Kier molecular flexibility index (Phi) is 3.72. The van der Waals surface area contributed by atoms with E-state index in [4.69, 9.17) is 11.6 Å². The molecule has 0 aliphatic heterocycles. The van der Waals surface area contributed by atoms with E-state index in [0.717, 1.165) is 0 Å². The molecule has 96 valence electrons. The van der Waals surface area contributed by atoms with Gasteiger partial charge in [0.05, 0.1) is 10.6 Å². The van der Waals surface area contributed by atoms with Crippen LogP contribution in [0.15, 0.2) is 52.7 Å². The number of halogens is 1. The van der Waals surface area contributed by atoms with Gasteiger partial charge < -0.3 is 5.11 Å². The number of phenols is 1. The third kappa shape index (κ3) is 3.26. The second kappa shape index (κ2) is 5.45. The van der Waals surface area contributed by atoms with Crippen LogP contribution < -0.4 is 0 Å². The van der Waals surface area contributed by atoms with Gasteiger partial charge in [0.2, 0.25) is 0 Å². The number of aromatic hydroxyl groups is 1. The van der Waals surface area contributed by atoms with Crippen LogP contribution in [0.25, 0.3) is 0 Å². The quantitative estimate of drug-likeness (QED) is 0.513. The fourth-order valence-electron chi connectivity index (χ4n) is 1.33. The number of rotatable bonds is 3. The molecule has 0 unspecified atom stereocenters. The largest absolute Gasteiger partial charge is 0.506 e. The summed E-state index contributed by atoms with van der Waals surface area (Å²) >= 11 is 5.77. The van der Waals surface area contributed by atoms with Crippen molar-refractivity contribution in [3.63, 3.8) is 0 Å². The van der Waals surface area contributed by atoms with E-state index >= 15 is 0 Å². The maximum Gasteiger partial charge on any atom is 0.269 e. The highest BCUT2D eigenvalue weighted by Crippen LogP contribution is 2.31. The van der Waals surface area contributed by atoms with Crippen LogP contribution >= 0.6 is 11.6 Å². The molecule has 7 heteroatoms. The van der Waals surface area contributed by atoms with Crippen LogP contribution in [0.5, 0.6) is 5.75 Å². The zero-order chi connectivity index (χ0) is 13.8. The number of hydrogen-bond donors (Lipinski definition) is 1. The predicted molar refractivity (Wildman–Crippen MR) is 70.4 cm³/mol. The zero-order valence-corrected chi connectivity index (χ0v) is 10.3. The number of benzene rings is 2. The lowest BCUT2D eigenvalue weighted by molar-refractivity contribution is -0.384. The summed E-state index contributed by atoms with van der Waals surface area (Å²) < 4.78 is 0. The van der Waals surface area contributed by atoms with E-state index in [2.05, 4.69) is 10.2 Å². The molecular formula is C12H8ClN3O3. The Morgan fingerprint density at radius 2 is 1.79 bits per heavy atom. The topological polar surface area (TPSA) is 88.1 Å². The van der Waals surface area contributed by atoms with Crippen LogP contribution in [-0.4, -0.2) is 10.0 Å². The molecule has 0 saturated carbocycles. The molecule has 0 atom stereocenters. The molecule has 0 aromatic heterocycles.